The second kappa shape index (κ2) is 11.1. The number of benzene rings is 2. The van der Waals surface area contributed by atoms with Gasteiger partial charge in [-0.25, -0.2) is 4.79 Å². The fourth-order valence-electron chi connectivity index (χ4n) is 2.61. The number of carbonyl (C=O) groups excluding carboxylic acids is 1. The van der Waals surface area contributed by atoms with Gasteiger partial charge in [-0.15, -0.1) is 0 Å². The molecule has 0 heterocycles. The molecule has 0 aliphatic rings. The van der Waals surface area contributed by atoms with Crippen LogP contribution in [0.2, 0.25) is 0 Å². The summed E-state index contributed by atoms with van der Waals surface area (Å²) in [6, 6.07) is 8.59. The van der Waals surface area contributed by atoms with Gasteiger partial charge < -0.3 is 4.74 Å². The highest BCUT2D eigenvalue weighted by molar-refractivity contribution is 7.87. The molecule has 2 rings (SSSR count). The van der Waals surface area contributed by atoms with Crippen LogP contribution in [0, 0.1) is 20.2 Å². The van der Waals surface area contributed by atoms with Gasteiger partial charge in [0.05, 0.1) is 23.1 Å². The summed E-state index contributed by atoms with van der Waals surface area (Å²) in [5.74, 6) is -1.20. The Morgan fingerprint density at radius 3 is 1.82 bits per heavy atom. The molecule has 0 saturated carbocycles. The molecule has 184 valence electrons. The number of nitro groups is 2. The number of nitro benzene ring substituents is 2. The van der Waals surface area contributed by atoms with Crippen molar-refractivity contribution in [2.75, 3.05) is 13.2 Å². The van der Waals surface area contributed by atoms with Gasteiger partial charge in [-0.2, -0.15) is 16.8 Å². The van der Waals surface area contributed by atoms with Crippen LogP contribution in [-0.4, -0.2) is 52.0 Å². The second-order valence-electron chi connectivity index (χ2n) is 6.31. The van der Waals surface area contributed by atoms with Crippen molar-refractivity contribution < 1.29 is 44.6 Å². The van der Waals surface area contributed by atoms with Gasteiger partial charge in [-0.1, -0.05) is 24.3 Å². The van der Waals surface area contributed by atoms with Crippen LogP contribution in [0.15, 0.2) is 58.3 Å². The minimum absolute atomic E-state index is 0.181. The number of ether oxygens (including phenoxy) is 1. The van der Waals surface area contributed by atoms with Crippen molar-refractivity contribution in [1.29, 1.82) is 0 Å². The Balaban J connectivity index is 2.25. The summed E-state index contributed by atoms with van der Waals surface area (Å²) in [5.41, 5.74) is -1.56. The van der Waals surface area contributed by atoms with Crippen LogP contribution in [0.25, 0.3) is 0 Å². The van der Waals surface area contributed by atoms with Gasteiger partial charge >= 0.3 is 26.2 Å². The van der Waals surface area contributed by atoms with E-state index < -0.39 is 76.3 Å². The molecule has 34 heavy (non-hydrogen) atoms. The minimum atomic E-state index is -4.87. The third-order valence-corrected chi connectivity index (χ3v) is 6.80. The van der Waals surface area contributed by atoms with E-state index in [-0.39, 0.29) is 6.61 Å². The van der Waals surface area contributed by atoms with Crippen molar-refractivity contribution in [1.82, 2.24) is 0 Å². The number of hydrogen-bond donors (Lipinski definition) is 0. The molecule has 14 nitrogen and oxygen atoms in total. The summed E-state index contributed by atoms with van der Waals surface area (Å²) in [6.45, 7) is 0.408. The zero-order chi connectivity index (χ0) is 25.5. The zero-order valence-corrected chi connectivity index (χ0v) is 19.1. The van der Waals surface area contributed by atoms with Crippen molar-refractivity contribution in [3.8, 4) is 0 Å². The molecule has 0 saturated heterocycles. The molecule has 1 atom stereocenters. The van der Waals surface area contributed by atoms with E-state index in [1.807, 2.05) is 0 Å². The average Bonchev–Trinajstić information content (AvgIpc) is 2.78. The van der Waals surface area contributed by atoms with E-state index in [0.29, 0.717) is 0 Å². The van der Waals surface area contributed by atoms with Crippen LogP contribution in [0.5, 0.6) is 0 Å². The number of rotatable bonds is 12. The van der Waals surface area contributed by atoms with Crippen molar-refractivity contribution in [2.45, 2.75) is 29.2 Å². The molecule has 0 fully saturated rings. The molecule has 2 aromatic carbocycles. The van der Waals surface area contributed by atoms with Gasteiger partial charge in [-0.05, 0) is 19.1 Å². The monoisotopic (exact) mass is 518 g/mol. The van der Waals surface area contributed by atoms with Crippen molar-refractivity contribution in [2.24, 2.45) is 0 Å². The van der Waals surface area contributed by atoms with E-state index in [4.69, 9.17) is 13.1 Å². The summed E-state index contributed by atoms with van der Waals surface area (Å²) in [5, 5.41) is 22.2. The Labute approximate surface area is 193 Å². The molecule has 0 bridgehead atoms. The fourth-order valence-corrected chi connectivity index (χ4v) is 4.93. The molecule has 0 N–H and O–H groups in total. The summed E-state index contributed by atoms with van der Waals surface area (Å²) in [7, 11) is -9.54. The van der Waals surface area contributed by atoms with E-state index in [2.05, 4.69) is 0 Å². The largest absolute Gasteiger partial charge is 0.464 e. The van der Waals surface area contributed by atoms with E-state index >= 15 is 0 Å². The third kappa shape index (κ3) is 6.53. The highest BCUT2D eigenvalue weighted by Gasteiger charge is 2.34. The number of nitrogens with zero attached hydrogens (tertiary/aromatic N) is 2. The normalized spacial score (nSPS) is 12.6. The smallest absolute Gasteiger partial charge is 0.336 e. The van der Waals surface area contributed by atoms with Crippen molar-refractivity contribution >= 4 is 37.6 Å². The Hall–Kier alpha value is -3.47. The van der Waals surface area contributed by atoms with Gasteiger partial charge in [0, 0.05) is 18.6 Å². The number of carbonyl (C=O) groups is 1. The van der Waals surface area contributed by atoms with E-state index in [1.54, 1.807) is 0 Å². The Kier molecular flexibility index (Phi) is 8.74. The van der Waals surface area contributed by atoms with Gasteiger partial charge in [-0.3, -0.25) is 28.6 Å². The molecule has 0 spiro atoms. The maximum atomic E-state index is 12.6. The van der Waals surface area contributed by atoms with Crippen LogP contribution in [0.4, 0.5) is 11.4 Å². The summed E-state index contributed by atoms with van der Waals surface area (Å²) < 4.78 is 64.3. The lowest BCUT2D eigenvalue weighted by Gasteiger charge is -2.16. The second-order valence-corrected chi connectivity index (χ2v) is 9.43. The van der Waals surface area contributed by atoms with E-state index in [1.165, 1.54) is 31.2 Å². The molecule has 0 radical (unpaired) electrons. The third-order valence-electron chi connectivity index (χ3n) is 4.07. The number of hydrogen-bond acceptors (Lipinski definition) is 12. The molecule has 1 unspecified atom stereocenters. The Bertz CT molecular complexity index is 1290. The van der Waals surface area contributed by atoms with Crippen molar-refractivity contribution in [3.63, 3.8) is 0 Å². The molecular formula is C18H18N2O12S2. The van der Waals surface area contributed by atoms with Gasteiger partial charge in [0.2, 0.25) is 0 Å². The SMILES string of the molecule is CCOC(=O)C(CCOS(=O)(=O)c1ccccc1[N+](=O)[O-])OS(=O)(=O)c1ccccc1[N+](=O)[O-]. The summed E-state index contributed by atoms with van der Waals surface area (Å²) in [4.78, 5) is 30.9. The maximum Gasteiger partial charge on any atom is 0.336 e. The predicted molar refractivity (Wildman–Crippen MR) is 113 cm³/mol. The predicted octanol–water partition coefficient (Wildman–Crippen LogP) is 1.94. The Morgan fingerprint density at radius 1 is 0.882 bits per heavy atom. The number of esters is 1. The molecular weight excluding hydrogens is 500 g/mol. The first-order chi connectivity index (χ1) is 15.9. The lowest BCUT2D eigenvalue weighted by molar-refractivity contribution is -0.388. The first kappa shape index (κ1) is 26.8. The van der Waals surface area contributed by atoms with Crippen LogP contribution < -0.4 is 0 Å². The van der Waals surface area contributed by atoms with Crippen LogP contribution in [-0.2, 0) is 38.1 Å². The van der Waals surface area contributed by atoms with E-state index in [9.17, 15) is 41.9 Å². The topological polar surface area (TPSA) is 199 Å². The molecule has 0 aliphatic carbocycles. The number of para-hydroxylation sites is 2. The highest BCUT2D eigenvalue weighted by atomic mass is 32.2. The van der Waals surface area contributed by atoms with Gasteiger partial charge in [0.1, 0.15) is 0 Å². The lowest BCUT2D eigenvalue weighted by atomic mass is 10.3. The molecule has 0 amide bonds. The van der Waals surface area contributed by atoms with Crippen LogP contribution in [0.1, 0.15) is 13.3 Å². The molecule has 16 heteroatoms. The maximum absolute atomic E-state index is 12.6. The highest BCUT2D eigenvalue weighted by Crippen LogP contribution is 2.27. The zero-order valence-electron chi connectivity index (χ0n) is 17.4. The van der Waals surface area contributed by atoms with Crippen LogP contribution in [0.3, 0.4) is 0 Å². The lowest BCUT2D eigenvalue weighted by Crippen LogP contribution is -2.31. The quantitative estimate of drug-likeness (QED) is 0.171. The minimum Gasteiger partial charge on any atom is -0.464 e. The first-order valence-corrected chi connectivity index (χ1v) is 12.2. The fraction of sp³-hybridized carbons (Fsp3) is 0.278. The standard InChI is InChI=1S/C18H18N2O12S2/c1-2-30-18(21)15(32-34(28,29)17-10-6-4-8-14(17)20(24)25)11-12-31-33(26,27)16-9-5-3-7-13(16)19(22)23/h3-10,15H,2,11-12H2,1H3. The molecule has 2 aromatic rings. The van der Waals surface area contributed by atoms with Crippen LogP contribution >= 0.6 is 0 Å². The molecule has 0 aromatic heterocycles. The average molecular weight is 518 g/mol. The molecule has 0 aliphatic heterocycles. The van der Waals surface area contributed by atoms with E-state index in [0.717, 1.165) is 24.3 Å². The summed E-state index contributed by atoms with van der Waals surface area (Å²) in [6.07, 6.45) is -2.61. The van der Waals surface area contributed by atoms with Gasteiger partial charge in [0.25, 0.3) is 11.4 Å². The van der Waals surface area contributed by atoms with Gasteiger partial charge in [0.15, 0.2) is 15.9 Å². The first-order valence-electron chi connectivity index (χ1n) is 9.37. The Morgan fingerprint density at radius 2 is 1.35 bits per heavy atom. The van der Waals surface area contributed by atoms with Crippen molar-refractivity contribution in [3.05, 3.63) is 68.8 Å². The summed E-state index contributed by atoms with van der Waals surface area (Å²) >= 11 is 0.